The first-order valence-electron chi connectivity index (χ1n) is 4.73. The van der Waals surface area contributed by atoms with Gasteiger partial charge in [-0.3, -0.25) is 4.79 Å². The lowest BCUT2D eigenvalue weighted by atomic mass is 10.1. The lowest BCUT2D eigenvalue weighted by Crippen LogP contribution is -2.36. The highest BCUT2D eigenvalue weighted by molar-refractivity contribution is 5.85. The number of carbonyl (C=O) groups is 1. The summed E-state index contributed by atoms with van der Waals surface area (Å²) in [7, 11) is 0. The molecule has 0 atom stereocenters. The van der Waals surface area contributed by atoms with Gasteiger partial charge in [0.15, 0.2) is 0 Å². The van der Waals surface area contributed by atoms with Gasteiger partial charge in [0.1, 0.15) is 0 Å². The molecular formula is C9H18N2O. The highest BCUT2D eigenvalue weighted by Gasteiger charge is 2.48. The summed E-state index contributed by atoms with van der Waals surface area (Å²) < 4.78 is 0. The fourth-order valence-electron chi connectivity index (χ4n) is 1.24. The van der Waals surface area contributed by atoms with Crippen molar-refractivity contribution in [2.24, 2.45) is 11.1 Å². The second kappa shape index (κ2) is 3.90. The molecule has 1 aliphatic rings. The van der Waals surface area contributed by atoms with Gasteiger partial charge >= 0.3 is 0 Å². The lowest BCUT2D eigenvalue weighted by molar-refractivity contribution is -0.125. The first-order chi connectivity index (χ1) is 5.75. The van der Waals surface area contributed by atoms with E-state index in [0.29, 0.717) is 6.54 Å². The number of carbonyl (C=O) groups excluding carboxylic acids is 1. The summed E-state index contributed by atoms with van der Waals surface area (Å²) in [5, 5.41) is 2.92. The molecule has 0 saturated heterocycles. The highest BCUT2D eigenvalue weighted by Crippen LogP contribution is 2.44. The molecule has 0 radical (unpaired) electrons. The summed E-state index contributed by atoms with van der Waals surface area (Å²) in [4.78, 5) is 11.4. The monoisotopic (exact) mass is 170 g/mol. The van der Waals surface area contributed by atoms with Crippen LogP contribution in [0.1, 0.15) is 32.6 Å². The molecule has 70 valence electrons. The van der Waals surface area contributed by atoms with Gasteiger partial charge in [0, 0.05) is 13.1 Å². The van der Waals surface area contributed by atoms with E-state index in [1.807, 2.05) is 0 Å². The van der Waals surface area contributed by atoms with Crippen molar-refractivity contribution in [3.63, 3.8) is 0 Å². The van der Waals surface area contributed by atoms with Gasteiger partial charge in [-0.05, 0) is 19.3 Å². The average molecular weight is 170 g/mol. The van der Waals surface area contributed by atoms with Crippen LogP contribution in [0, 0.1) is 5.41 Å². The first kappa shape index (κ1) is 9.52. The average Bonchev–Trinajstić information content (AvgIpc) is 2.85. The fraction of sp³-hybridized carbons (Fsp3) is 0.889. The third-order valence-electron chi connectivity index (χ3n) is 2.54. The summed E-state index contributed by atoms with van der Waals surface area (Å²) in [5.74, 6) is 0.165. The minimum absolute atomic E-state index is 0.165. The maximum atomic E-state index is 11.4. The fourth-order valence-corrected chi connectivity index (χ4v) is 1.24. The maximum absolute atomic E-state index is 11.4. The first-order valence-corrected chi connectivity index (χ1v) is 4.73. The zero-order valence-corrected chi connectivity index (χ0v) is 7.73. The molecule has 0 aromatic heterocycles. The number of hydrogen-bond acceptors (Lipinski definition) is 2. The van der Waals surface area contributed by atoms with Crippen LogP contribution < -0.4 is 11.1 Å². The quantitative estimate of drug-likeness (QED) is 0.595. The van der Waals surface area contributed by atoms with Crippen LogP contribution in [-0.2, 0) is 4.79 Å². The molecule has 1 rings (SSSR count). The number of rotatable bonds is 5. The van der Waals surface area contributed by atoms with Crippen LogP contribution >= 0.6 is 0 Å². The van der Waals surface area contributed by atoms with E-state index in [0.717, 1.165) is 32.2 Å². The molecule has 1 aliphatic carbocycles. The molecule has 0 heterocycles. The number of unbranched alkanes of at least 4 members (excludes halogenated alkanes) is 1. The topological polar surface area (TPSA) is 55.1 Å². The molecule has 3 N–H and O–H groups in total. The molecular weight excluding hydrogens is 152 g/mol. The van der Waals surface area contributed by atoms with Crippen molar-refractivity contribution in [1.82, 2.24) is 5.32 Å². The van der Waals surface area contributed by atoms with E-state index in [1.165, 1.54) is 0 Å². The zero-order chi connectivity index (χ0) is 9.03. The van der Waals surface area contributed by atoms with Crippen molar-refractivity contribution < 1.29 is 4.79 Å². The third-order valence-corrected chi connectivity index (χ3v) is 2.54. The molecule has 3 heteroatoms. The zero-order valence-electron chi connectivity index (χ0n) is 7.73. The van der Waals surface area contributed by atoms with Gasteiger partial charge in [-0.1, -0.05) is 13.3 Å². The smallest absolute Gasteiger partial charge is 0.227 e. The van der Waals surface area contributed by atoms with Crippen molar-refractivity contribution >= 4 is 5.91 Å². The summed E-state index contributed by atoms with van der Waals surface area (Å²) in [6.45, 7) is 3.42. The normalized spacial score (nSPS) is 18.8. The Hall–Kier alpha value is -0.570. The molecule has 0 aromatic carbocycles. The molecule has 12 heavy (non-hydrogen) atoms. The molecule has 0 unspecified atom stereocenters. The van der Waals surface area contributed by atoms with E-state index in [4.69, 9.17) is 5.73 Å². The largest absolute Gasteiger partial charge is 0.356 e. The molecule has 0 aliphatic heterocycles. The van der Waals surface area contributed by atoms with Gasteiger partial charge in [-0.15, -0.1) is 0 Å². The Balaban J connectivity index is 2.20. The van der Waals surface area contributed by atoms with E-state index >= 15 is 0 Å². The predicted octanol–water partition coefficient (Wildman–Crippen LogP) is 0.642. The minimum Gasteiger partial charge on any atom is -0.356 e. The Morgan fingerprint density at radius 2 is 2.25 bits per heavy atom. The van der Waals surface area contributed by atoms with Crippen LogP contribution in [0.3, 0.4) is 0 Å². The molecule has 0 spiro atoms. The summed E-state index contributed by atoms with van der Waals surface area (Å²) >= 11 is 0. The van der Waals surface area contributed by atoms with Crippen LogP contribution in [0.25, 0.3) is 0 Å². The Kier molecular flexibility index (Phi) is 3.09. The van der Waals surface area contributed by atoms with Crippen molar-refractivity contribution in [2.45, 2.75) is 32.6 Å². The van der Waals surface area contributed by atoms with Crippen LogP contribution in [-0.4, -0.2) is 19.0 Å². The Bertz CT molecular complexity index is 164. The van der Waals surface area contributed by atoms with Gasteiger partial charge in [-0.2, -0.15) is 0 Å². The maximum Gasteiger partial charge on any atom is 0.227 e. The molecule has 0 aromatic rings. The van der Waals surface area contributed by atoms with Crippen LogP contribution in [0.15, 0.2) is 0 Å². The van der Waals surface area contributed by atoms with Crippen molar-refractivity contribution in [2.75, 3.05) is 13.1 Å². The number of amides is 1. The van der Waals surface area contributed by atoms with Gasteiger partial charge in [-0.25, -0.2) is 0 Å². The highest BCUT2D eigenvalue weighted by atomic mass is 16.2. The summed E-state index contributed by atoms with van der Waals surface area (Å²) in [6, 6.07) is 0. The van der Waals surface area contributed by atoms with Gasteiger partial charge < -0.3 is 11.1 Å². The molecule has 1 amide bonds. The SMILES string of the molecule is CCCCNC(=O)C1(CN)CC1. The molecule has 3 nitrogen and oxygen atoms in total. The molecule has 0 bridgehead atoms. The Morgan fingerprint density at radius 3 is 2.67 bits per heavy atom. The van der Waals surface area contributed by atoms with Crippen LogP contribution in [0.2, 0.25) is 0 Å². The summed E-state index contributed by atoms with van der Waals surface area (Å²) in [6.07, 6.45) is 4.13. The molecule has 1 saturated carbocycles. The van der Waals surface area contributed by atoms with Gasteiger partial charge in [0.2, 0.25) is 5.91 Å². The van der Waals surface area contributed by atoms with Crippen LogP contribution in [0.5, 0.6) is 0 Å². The van der Waals surface area contributed by atoms with E-state index in [9.17, 15) is 4.79 Å². The van der Waals surface area contributed by atoms with Gasteiger partial charge in [0.05, 0.1) is 5.41 Å². The number of hydrogen-bond donors (Lipinski definition) is 2. The predicted molar refractivity (Wildman–Crippen MR) is 48.6 cm³/mol. The van der Waals surface area contributed by atoms with Crippen molar-refractivity contribution in [3.05, 3.63) is 0 Å². The molecule has 1 fully saturated rings. The van der Waals surface area contributed by atoms with E-state index < -0.39 is 0 Å². The Morgan fingerprint density at radius 1 is 1.58 bits per heavy atom. The minimum atomic E-state index is -0.173. The van der Waals surface area contributed by atoms with E-state index in [-0.39, 0.29) is 11.3 Å². The van der Waals surface area contributed by atoms with Gasteiger partial charge in [0.25, 0.3) is 0 Å². The summed E-state index contributed by atoms with van der Waals surface area (Å²) in [5.41, 5.74) is 5.34. The van der Waals surface area contributed by atoms with Crippen molar-refractivity contribution in [3.8, 4) is 0 Å². The lowest BCUT2D eigenvalue weighted by Gasteiger charge is -2.11. The van der Waals surface area contributed by atoms with E-state index in [2.05, 4.69) is 12.2 Å². The number of nitrogens with one attached hydrogen (secondary N) is 1. The Labute approximate surface area is 73.7 Å². The third kappa shape index (κ3) is 1.97. The van der Waals surface area contributed by atoms with Crippen molar-refractivity contribution in [1.29, 1.82) is 0 Å². The van der Waals surface area contributed by atoms with Crippen LogP contribution in [0.4, 0.5) is 0 Å². The standard InChI is InChI=1S/C9H18N2O/c1-2-3-6-11-8(12)9(7-10)4-5-9/h2-7,10H2,1H3,(H,11,12). The number of nitrogens with two attached hydrogens (primary N) is 1. The van der Waals surface area contributed by atoms with E-state index in [1.54, 1.807) is 0 Å². The second-order valence-electron chi connectivity index (χ2n) is 3.59. The second-order valence-corrected chi connectivity index (χ2v) is 3.59.